The van der Waals surface area contributed by atoms with Gasteiger partial charge in [0.05, 0.1) is 44.1 Å². The van der Waals surface area contributed by atoms with Crippen molar-refractivity contribution in [3.63, 3.8) is 0 Å². The predicted molar refractivity (Wildman–Crippen MR) is 162 cm³/mol. The van der Waals surface area contributed by atoms with Gasteiger partial charge in [0.15, 0.2) is 4.80 Å². The zero-order chi connectivity index (χ0) is 29.3. The molecule has 4 aromatic rings. The number of nitro groups is 1. The molecule has 3 aromatic carbocycles. The summed E-state index contributed by atoms with van der Waals surface area (Å²) in [5.74, 6) is -0.517. The fraction of sp³-hybridized carbons (Fsp3) is 0.138. The largest absolute Gasteiger partial charge is 0.501 e. The number of hydrogen-bond donors (Lipinski definition) is 1. The number of fused-ring (bicyclic) bond motifs is 1. The summed E-state index contributed by atoms with van der Waals surface area (Å²) in [6.07, 6.45) is 1.51. The van der Waals surface area contributed by atoms with Gasteiger partial charge in [-0.1, -0.05) is 53.8 Å². The van der Waals surface area contributed by atoms with E-state index in [2.05, 4.69) is 0 Å². The SMILES string of the molecule is CCOC(=O)C1=C(c2ccccc2)N=c2s/c(=C\c3cc(I)c(O)c([N+](=O)[O-])c3)c(=O)n2[C@H]1c1cccc(OC)c1. The molecule has 0 bridgehead atoms. The highest BCUT2D eigenvalue weighted by atomic mass is 127. The van der Waals surface area contributed by atoms with E-state index in [0.717, 1.165) is 11.3 Å². The molecule has 0 saturated heterocycles. The Morgan fingerprint density at radius 2 is 1.95 bits per heavy atom. The van der Waals surface area contributed by atoms with E-state index >= 15 is 0 Å². The summed E-state index contributed by atoms with van der Waals surface area (Å²) in [6.45, 7) is 1.83. The Morgan fingerprint density at radius 3 is 2.63 bits per heavy atom. The summed E-state index contributed by atoms with van der Waals surface area (Å²) in [4.78, 5) is 43.4. The van der Waals surface area contributed by atoms with Crippen molar-refractivity contribution in [2.24, 2.45) is 4.99 Å². The molecule has 10 nitrogen and oxygen atoms in total. The second-order valence-corrected chi connectivity index (χ2v) is 11.0. The van der Waals surface area contributed by atoms with Crippen LogP contribution in [0.1, 0.15) is 29.7 Å². The summed E-state index contributed by atoms with van der Waals surface area (Å²) in [7, 11) is 1.53. The fourth-order valence-electron chi connectivity index (χ4n) is 4.55. The highest BCUT2D eigenvalue weighted by Crippen LogP contribution is 2.36. The predicted octanol–water partition coefficient (Wildman–Crippen LogP) is 4.16. The number of carbonyl (C=O) groups is 1. The Labute approximate surface area is 250 Å². The standard InChI is InChI=1S/C29H22IN3O7S/c1-3-40-28(36)23-24(17-8-5-4-6-9-17)31-29-32(25(23)18-10-7-11-19(15-18)39-2)27(35)22(41-29)14-16-12-20(30)26(34)21(13-16)33(37)38/h4-15,25,34H,3H2,1-2H3/b22-14-/t25-/m0/s1. The quantitative estimate of drug-likeness (QED) is 0.134. The van der Waals surface area contributed by atoms with Gasteiger partial charge in [-0.05, 0) is 64.9 Å². The van der Waals surface area contributed by atoms with E-state index < -0.39 is 33.9 Å². The first kappa shape index (κ1) is 28.2. The van der Waals surface area contributed by atoms with Crippen LogP contribution < -0.4 is 19.6 Å². The maximum Gasteiger partial charge on any atom is 0.338 e. The number of nitrogens with zero attached hydrogens (tertiary/aromatic N) is 3. The van der Waals surface area contributed by atoms with E-state index in [1.165, 1.54) is 23.8 Å². The van der Waals surface area contributed by atoms with E-state index in [1.54, 1.807) is 59.8 Å². The number of aromatic hydroxyl groups is 1. The second kappa shape index (κ2) is 11.7. The van der Waals surface area contributed by atoms with E-state index in [1.807, 2.05) is 30.3 Å². The first-order valence-corrected chi connectivity index (χ1v) is 14.2. The van der Waals surface area contributed by atoms with Crippen molar-refractivity contribution in [2.45, 2.75) is 13.0 Å². The molecule has 0 aliphatic carbocycles. The molecular weight excluding hydrogens is 661 g/mol. The van der Waals surface area contributed by atoms with Crippen LogP contribution in [-0.2, 0) is 9.53 Å². The average Bonchev–Trinajstić information content (AvgIpc) is 3.28. The molecule has 1 aliphatic heterocycles. The topological polar surface area (TPSA) is 133 Å². The van der Waals surface area contributed by atoms with Gasteiger partial charge in [0, 0.05) is 11.6 Å². The number of nitro benzene ring substituents is 1. The zero-order valence-corrected chi connectivity index (χ0v) is 24.7. The minimum absolute atomic E-state index is 0.123. The summed E-state index contributed by atoms with van der Waals surface area (Å²) in [6, 6.07) is 18.1. The molecule has 41 heavy (non-hydrogen) atoms. The number of ether oxygens (including phenoxy) is 2. The Balaban J connectivity index is 1.83. The van der Waals surface area contributed by atoms with Crippen LogP contribution in [0.4, 0.5) is 5.69 Å². The lowest BCUT2D eigenvalue weighted by atomic mass is 9.93. The lowest BCUT2D eigenvalue weighted by Gasteiger charge is -2.26. The molecule has 1 aliphatic rings. The maximum absolute atomic E-state index is 14.0. The third-order valence-electron chi connectivity index (χ3n) is 6.34. The molecule has 12 heteroatoms. The van der Waals surface area contributed by atoms with Crippen molar-refractivity contribution in [2.75, 3.05) is 13.7 Å². The van der Waals surface area contributed by atoms with Crippen LogP contribution in [0.25, 0.3) is 11.8 Å². The van der Waals surface area contributed by atoms with Crippen molar-refractivity contribution < 1.29 is 24.3 Å². The Bertz CT molecular complexity index is 1900. The van der Waals surface area contributed by atoms with Gasteiger partial charge in [0.25, 0.3) is 5.56 Å². The van der Waals surface area contributed by atoms with E-state index in [0.29, 0.717) is 32.9 Å². The first-order chi connectivity index (χ1) is 19.7. The lowest BCUT2D eigenvalue weighted by molar-refractivity contribution is -0.386. The number of halogens is 1. The molecule has 0 radical (unpaired) electrons. The number of thiazole rings is 1. The third kappa shape index (κ3) is 5.39. The summed E-state index contributed by atoms with van der Waals surface area (Å²) in [5, 5.41) is 21.6. The molecule has 1 N–H and O–H groups in total. The number of carbonyl (C=O) groups excluding carboxylic acids is 1. The molecule has 2 heterocycles. The van der Waals surface area contributed by atoms with Crippen LogP contribution in [0, 0.1) is 13.7 Å². The van der Waals surface area contributed by atoms with Crippen molar-refractivity contribution >= 4 is 57.4 Å². The third-order valence-corrected chi connectivity index (χ3v) is 8.15. The van der Waals surface area contributed by atoms with Gasteiger partial charge in [-0.2, -0.15) is 0 Å². The van der Waals surface area contributed by atoms with Crippen molar-refractivity contribution in [3.8, 4) is 11.5 Å². The molecule has 1 aromatic heterocycles. The molecule has 0 fully saturated rings. The van der Waals surface area contributed by atoms with Gasteiger partial charge in [-0.15, -0.1) is 0 Å². The van der Waals surface area contributed by atoms with Crippen LogP contribution in [0.3, 0.4) is 0 Å². The number of phenols is 1. The smallest absolute Gasteiger partial charge is 0.338 e. The maximum atomic E-state index is 14.0. The van der Waals surface area contributed by atoms with Gasteiger partial charge >= 0.3 is 11.7 Å². The van der Waals surface area contributed by atoms with E-state index in [9.17, 15) is 24.8 Å². The molecular formula is C29H22IN3O7S. The molecule has 1 atom stereocenters. The number of aromatic nitrogens is 1. The lowest BCUT2D eigenvalue weighted by Crippen LogP contribution is -2.40. The van der Waals surface area contributed by atoms with Gasteiger partial charge in [0.1, 0.15) is 5.75 Å². The van der Waals surface area contributed by atoms with E-state index in [4.69, 9.17) is 14.5 Å². The normalized spacial score (nSPS) is 14.8. The van der Waals surface area contributed by atoms with Gasteiger partial charge < -0.3 is 14.6 Å². The van der Waals surface area contributed by atoms with Gasteiger partial charge in [-0.3, -0.25) is 19.5 Å². The molecule has 0 unspecified atom stereocenters. The highest BCUT2D eigenvalue weighted by Gasteiger charge is 2.35. The minimum atomic E-state index is -0.896. The summed E-state index contributed by atoms with van der Waals surface area (Å²) >= 11 is 2.89. The second-order valence-electron chi connectivity index (χ2n) is 8.84. The number of hydrogen-bond acceptors (Lipinski definition) is 9. The van der Waals surface area contributed by atoms with Crippen molar-refractivity contribution in [1.29, 1.82) is 0 Å². The molecule has 208 valence electrons. The Kier molecular flexibility index (Phi) is 8.03. The van der Waals surface area contributed by atoms with Gasteiger partial charge in [0.2, 0.25) is 5.75 Å². The Morgan fingerprint density at radius 1 is 1.20 bits per heavy atom. The molecule has 5 rings (SSSR count). The fourth-order valence-corrected chi connectivity index (χ4v) is 6.18. The number of benzene rings is 3. The summed E-state index contributed by atoms with van der Waals surface area (Å²) < 4.78 is 12.8. The number of esters is 1. The number of methoxy groups -OCH3 is 1. The molecule has 0 spiro atoms. The van der Waals surface area contributed by atoms with Crippen LogP contribution in [0.2, 0.25) is 0 Å². The molecule has 0 amide bonds. The van der Waals surface area contributed by atoms with Gasteiger partial charge in [-0.25, -0.2) is 9.79 Å². The van der Waals surface area contributed by atoms with Crippen LogP contribution in [0.5, 0.6) is 11.5 Å². The minimum Gasteiger partial charge on any atom is -0.501 e. The average molecular weight is 683 g/mol. The van der Waals surface area contributed by atoms with Crippen LogP contribution in [-0.4, -0.2) is 34.3 Å². The van der Waals surface area contributed by atoms with Crippen LogP contribution >= 0.6 is 33.9 Å². The van der Waals surface area contributed by atoms with Crippen molar-refractivity contribution in [3.05, 3.63) is 122 Å². The molecule has 0 saturated carbocycles. The Hall–Kier alpha value is -4.30. The summed E-state index contributed by atoms with van der Waals surface area (Å²) in [5.41, 5.74) is 1.29. The van der Waals surface area contributed by atoms with Crippen LogP contribution in [0.15, 0.2) is 82.1 Å². The van der Waals surface area contributed by atoms with E-state index in [-0.39, 0.29) is 20.3 Å². The number of phenolic OH excluding ortho intramolecular Hbond substituents is 1. The van der Waals surface area contributed by atoms with Crippen molar-refractivity contribution in [1.82, 2.24) is 4.57 Å². The number of rotatable bonds is 7. The first-order valence-electron chi connectivity index (χ1n) is 12.3. The zero-order valence-electron chi connectivity index (χ0n) is 21.7. The monoisotopic (exact) mass is 683 g/mol. The highest BCUT2D eigenvalue weighted by molar-refractivity contribution is 14.1.